The van der Waals surface area contributed by atoms with Crippen molar-refractivity contribution < 1.29 is 0 Å². The topological polar surface area (TPSA) is 59.7 Å². The standard InChI is InChI=1S/C20H20N6S/c1-2-7-21-16(5-1)13-26-10-8-22-19(26)15-4-3-9-25(12-15)20-18-17(6-11-27-18)23-14-24-20/h1-2,5-8,10-11,14-15H,3-4,9,12-13H2/t15-/m0/s1. The van der Waals surface area contributed by atoms with E-state index in [0.29, 0.717) is 5.92 Å². The van der Waals surface area contributed by atoms with Gasteiger partial charge >= 0.3 is 0 Å². The van der Waals surface area contributed by atoms with Crippen LogP contribution < -0.4 is 4.90 Å². The summed E-state index contributed by atoms with van der Waals surface area (Å²) < 4.78 is 3.41. The fourth-order valence-corrected chi connectivity index (χ4v) is 4.72. The summed E-state index contributed by atoms with van der Waals surface area (Å²) in [4.78, 5) is 20.5. The van der Waals surface area contributed by atoms with Crippen LogP contribution in [0, 0.1) is 0 Å². The molecule has 0 radical (unpaired) electrons. The molecule has 1 fully saturated rings. The summed E-state index contributed by atoms with van der Waals surface area (Å²) in [7, 11) is 0. The molecule has 1 saturated heterocycles. The predicted octanol–water partition coefficient (Wildman–Crippen LogP) is 3.72. The Hall–Kier alpha value is -2.80. The molecule has 1 aliphatic rings. The Kier molecular flexibility index (Phi) is 4.29. The first kappa shape index (κ1) is 16.4. The number of hydrogen-bond donors (Lipinski definition) is 0. The van der Waals surface area contributed by atoms with Gasteiger partial charge in [0.25, 0.3) is 0 Å². The lowest BCUT2D eigenvalue weighted by Crippen LogP contribution is -2.36. The molecule has 7 heteroatoms. The molecule has 4 aromatic heterocycles. The van der Waals surface area contributed by atoms with E-state index < -0.39 is 0 Å². The van der Waals surface area contributed by atoms with Crippen molar-refractivity contribution >= 4 is 27.4 Å². The van der Waals surface area contributed by atoms with Crippen LogP contribution in [0.5, 0.6) is 0 Å². The molecular weight excluding hydrogens is 356 g/mol. The van der Waals surface area contributed by atoms with E-state index in [1.54, 1.807) is 17.7 Å². The average Bonchev–Trinajstić information content (AvgIpc) is 3.38. The van der Waals surface area contributed by atoms with E-state index in [-0.39, 0.29) is 0 Å². The van der Waals surface area contributed by atoms with Gasteiger partial charge in [-0.05, 0) is 36.4 Å². The van der Waals surface area contributed by atoms with Crippen molar-refractivity contribution in [1.29, 1.82) is 0 Å². The van der Waals surface area contributed by atoms with Crippen molar-refractivity contribution in [3.8, 4) is 0 Å². The zero-order valence-corrected chi connectivity index (χ0v) is 15.7. The van der Waals surface area contributed by atoms with Crippen molar-refractivity contribution in [3.63, 3.8) is 0 Å². The second kappa shape index (κ2) is 7.08. The summed E-state index contributed by atoms with van der Waals surface area (Å²) in [6, 6.07) is 8.10. The lowest BCUT2D eigenvalue weighted by molar-refractivity contribution is 0.474. The Bertz CT molecular complexity index is 1040. The summed E-state index contributed by atoms with van der Waals surface area (Å²) in [6.07, 6.45) is 9.77. The first-order valence-corrected chi connectivity index (χ1v) is 10.1. The molecule has 0 aliphatic carbocycles. The summed E-state index contributed by atoms with van der Waals surface area (Å²) >= 11 is 1.72. The van der Waals surface area contributed by atoms with Gasteiger partial charge in [0.15, 0.2) is 0 Å². The minimum atomic E-state index is 0.391. The lowest BCUT2D eigenvalue weighted by Gasteiger charge is -2.33. The van der Waals surface area contributed by atoms with E-state index in [1.807, 2.05) is 24.5 Å². The predicted molar refractivity (Wildman–Crippen MR) is 107 cm³/mol. The summed E-state index contributed by atoms with van der Waals surface area (Å²) in [5.41, 5.74) is 2.09. The number of piperidine rings is 1. The molecule has 0 unspecified atom stereocenters. The zero-order chi connectivity index (χ0) is 18.1. The van der Waals surface area contributed by atoms with E-state index >= 15 is 0 Å². The second-order valence-corrected chi connectivity index (χ2v) is 7.77. The third kappa shape index (κ3) is 3.19. The van der Waals surface area contributed by atoms with Crippen LogP contribution >= 0.6 is 11.3 Å². The highest BCUT2D eigenvalue weighted by Gasteiger charge is 2.26. The second-order valence-electron chi connectivity index (χ2n) is 6.85. The number of aromatic nitrogens is 5. The third-order valence-corrected chi connectivity index (χ3v) is 6.02. The first-order chi connectivity index (χ1) is 13.4. The van der Waals surface area contributed by atoms with Gasteiger partial charge in [0.05, 0.1) is 22.5 Å². The Balaban J connectivity index is 1.41. The third-order valence-electron chi connectivity index (χ3n) is 5.12. The van der Waals surface area contributed by atoms with Gasteiger partial charge in [-0.2, -0.15) is 0 Å². The number of nitrogens with zero attached hydrogens (tertiary/aromatic N) is 6. The Morgan fingerprint density at radius 2 is 2.07 bits per heavy atom. The van der Waals surface area contributed by atoms with Gasteiger partial charge in [0, 0.05) is 37.6 Å². The monoisotopic (exact) mass is 376 g/mol. The van der Waals surface area contributed by atoms with E-state index in [0.717, 1.165) is 55.3 Å². The molecular formula is C20H20N6S. The molecule has 136 valence electrons. The smallest absolute Gasteiger partial charge is 0.150 e. The van der Waals surface area contributed by atoms with Crippen LogP contribution in [0.2, 0.25) is 0 Å². The number of hydrogen-bond acceptors (Lipinski definition) is 6. The van der Waals surface area contributed by atoms with E-state index in [1.165, 1.54) is 4.70 Å². The molecule has 4 aromatic rings. The van der Waals surface area contributed by atoms with Gasteiger partial charge in [0.2, 0.25) is 0 Å². The van der Waals surface area contributed by atoms with Crippen molar-refractivity contribution in [2.45, 2.75) is 25.3 Å². The van der Waals surface area contributed by atoms with Crippen LogP contribution in [0.15, 0.2) is 54.6 Å². The van der Waals surface area contributed by atoms with Crippen molar-refractivity contribution in [1.82, 2.24) is 24.5 Å². The SMILES string of the molecule is c1ccc(Cn2ccnc2[C@H]2CCCN(c3ncnc4ccsc34)C2)nc1. The van der Waals surface area contributed by atoms with Crippen LogP contribution in [-0.2, 0) is 6.54 Å². The Morgan fingerprint density at radius 1 is 1.07 bits per heavy atom. The highest BCUT2D eigenvalue weighted by molar-refractivity contribution is 7.17. The van der Waals surface area contributed by atoms with E-state index in [2.05, 4.69) is 48.1 Å². The molecule has 1 aliphatic heterocycles. The number of fused-ring (bicyclic) bond motifs is 1. The fraction of sp³-hybridized carbons (Fsp3) is 0.300. The van der Waals surface area contributed by atoms with E-state index in [9.17, 15) is 0 Å². The molecule has 5 rings (SSSR count). The quantitative estimate of drug-likeness (QED) is 0.543. The number of imidazole rings is 1. The number of rotatable bonds is 4. The minimum Gasteiger partial charge on any atom is -0.355 e. The summed E-state index contributed by atoms with van der Waals surface area (Å²) in [5, 5.41) is 2.09. The molecule has 1 atom stereocenters. The molecule has 27 heavy (non-hydrogen) atoms. The fourth-order valence-electron chi connectivity index (χ4n) is 3.86. The summed E-state index contributed by atoms with van der Waals surface area (Å²) in [6.45, 7) is 2.72. The number of thiophene rings is 1. The summed E-state index contributed by atoms with van der Waals surface area (Å²) in [5.74, 6) is 2.59. The van der Waals surface area contributed by atoms with Crippen molar-refractivity contribution in [2.75, 3.05) is 18.0 Å². The molecule has 6 nitrogen and oxygen atoms in total. The number of pyridine rings is 1. The highest BCUT2D eigenvalue weighted by Crippen LogP contribution is 2.33. The van der Waals surface area contributed by atoms with Gasteiger partial charge in [-0.1, -0.05) is 6.07 Å². The van der Waals surface area contributed by atoms with Crippen LogP contribution in [0.3, 0.4) is 0 Å². The van der Waals surface area contributed by atoms with Crippen LogP contribution in [0.4, 0.5) is 5.82 Å². The molecule has 0 saturated carbocycles. The minimum absolute atomic E-state index is 0.391. The maximum absolute atomic E-state index is 4.69. The molecule has 0 spiro atoms. The number of anilines is 1. The van der Waals surface area contributed by atoms with Crippen molar-refractivity contribution in [2.24, 2.45) is 0 Å². The molecule has 0 bridgehead atoms. The van der Waals surface area contributed by atoms with Crippen LogP contribution in [-0.4, -0.2) is 37.6 Å². The molecule has 0 amide bonds. The Morgan fingerprint density at radius 3 is 3.00 bits per heavy atom. The van der Waals surface area contributed by atoms with Gasteiger partial charge in [0.1, 0.15) is 18.0 Å². The molecule has 0 N–H and O–H groups in total. The lowest BCUT2D eigenvalue weighted by atomic mass is 9.97. The van der Waals surface area contributed by atoms with Gasteiger partial charge < -0.3 is 9.47 Å². The van der Waals surface area contributed by atoms with Gasteiger partial charge in [-0.15, -0.1) is 11.3 Å². The maximum atomic E-state index is 4.69. The maximum Gasteiger partial charge on any atom is 0.150 e. The van der Waals surface area contributed by atoms with Crippen LogP contribution in [0.1, 0.15) is 30.3 Å². The molecule has 0 aromatic carbocycles. The first-order valence-electron chi connectivity index (χ1n) is 9.22. The van der Waals surface area contributed by atoms with E-state index in [4.69, 9.17) is 4.98 Å². The zero-order valence-electron chi connectivity index (χ0n) is 14.9. The normalized spacial score (nSPS) is 17.5. The van der Waals surface area contributed by atoms with Crippen molar-refractivity contribution in [3.05, 3.63) is 66.1 Å². The van der Waals surface area contributed by atoms with Gasteiger partial charge in [-0.3, -0.25) is 4.98 Å². The Labute approximate surface area is 161 Å². The van der Waals surface area contributed by atoms with Crippen LogP contribution in [0.25, 0.3) is 10.2 Å². The highest BCUT2D eigenvalue weighted by atomic mass is 32.1. The van der Waals surface area contributed by atoms with Gasteiger partial charge in [-0.25, -0.2) is 15.0 Å². The average molecular weight is 376 g/mol. The molecule has 5 heterocycles. The largest absolute Gasteiger partial charge is 0.355 e.